The van der Waals surface area contributed by atoms with E-state index in [2.05, 4.69) is 0 Å². The number of alkyl halides is 3. The number of hydrogen-bond acceptors (Lipinski definition) is 0. The molecule has 0 heterocycles. The lowest BCUT2D eigenvalue weighted by Crippen LogP contribution is -2.03. The van der Waals surface area contributed by atoms with Crippen molar-refractivity contribution < 1.29 is 13.2 Å². The Morgan fingerprint density at radius 2 is 1.80 bits per heavy atom. The highest BCUT2D eigenvalue weighted by Crippen LogP contribution is 2.19. The van der Waals surface area contributed by atoms with Gasteiger partial charge in [-0.3, -0.25) is 0 Å². The molecule has 10 heavy (non-hydrogen) atoms. The molecular formula is C7H9F3. The zero-order chi connectivity index (χ0) is 8.04. The quantitative estimate of drug-likeness (QED) is 0.530. The summed E-state index contributed by atoms with van der Waals surface area (Å²) in [6, 6.07) is 0. The lowest BCUT2D eigenvalue weighted by Gasteiger charge is -1.98. The van der Waals surface area contributed by atoms with E-state index in [4.69, 9.17) is 0 Å². The summed E-state index contributed by atoms with van der Waals surface area (Å²) in [6.07, 6.45) is 0.779. The highest BCUT2D eigenvalue weighted by atomic mass is 19.4. The van der Waals surface area contributed by atoms with Crippen LogP contribution in [0.1, 0.15) is 13.3 Å². The molecule has 0 amide bonds. The van der Waals surface area contributed by atoms with Gasteiger partial charge in [0.1, 0.15) is 0 Å². The fourth-order valence-electron chi connectivity index (χ4n) is 0.391. The Morgan fingerprint density at radius 1 is 1.20 bits per heavy atom. The summed E-state index contributed by atoms with van der Waals surface area (Å²) in [7, 11) is 0. The van der Waals surface area contributed by atoms with Crippen molar-refractivity contribution in [2.24, 2.45) is 0 Å². The molecule has 0 aliphatic carbocycles. The number of allylic oxidation sites excluding steroid dienone is 4. The van der Waals surface area contributed by atoms with Crippen LogP contribution in [-0.4, -0.2) is 6.18 Å². The summed E-state index contributed by atoms with van der Waals surface area (Å²) in [5.74, 6) is 0. The largest absolute Gasteiger partial charge is 0.392 e. The zero-order valence-electron chi connectivity index (χ0n) is 5.65. The maximum Gasteiger partial charge on any atom is 0.392 e. The first kappa shape index (κ1) is 9.27. The van der Waals surface area contributed by atoms with Crippen molar-refractivity contribution in [1.29, 1.82) is 0 Å². The molecule has 3 heteroatoms. The van der Waals surface area contributed by atoms with Gasteiger partial charge in [0.15, 0.2) is 0 Å². The maximum absolute atomic E-state index is 11.4. The van der Waals surface area contributed by atoms with Crippen molar-refractivity contribution in [3.63, 3.8) is 0 Å². The molecule has 0 aromatic carbocycles. The minimum Gasteiger partial charge on any atom is -0.171 e. The molecule has 0 N–H and O–H groups in total. The molecular weight excluding hydrogens is 141 g/mol. The molecule has 0 aliphatic rings. The molecule has 0 atom stereocenters. The third-order valence-electron chi connectivity index (χ3n) is 0.789. The standard InChI is InChI=1S/C7H9F3/c1-2-3-4-5-6-7(8,9)10/h2-5H,6H2,1H3. The molecule has 0 saturated heterocycles. The lowest BCUT2D eigenvalue weighted by atomic mass is 10.3. The van der Waals surface area contributed by atoms with Crippen LogP contribution in [0, 0.1) is 0 Å². The Balaban J connectivity index is 3.54. The van der Waals surface area contributed by atoms with Crippen LogP contribution in [0.3, 0.4) is 0 Å². The van der Waals surface area contributed by atoms with Crippen molar-refractivity contribution in [3.8, 4) is 0 Å². The highest BCUT2D eigenvalue weighted by molar-refractivity contribution is 5.01. The van der Waals surface area contributed by atoms with Crippen LogP contribution < -0.4 is 0 Å². The predicted molar refractivity (Wildman–Crippen MR) is 34.6 cm³/mol. The minimum absolute atomic E-state index is 0.850. The average molecular weight is 150 g/mol. The number of halogens is 3. The van der Waals surface area contributed by atoms with Crippen LogP contribution in [0.5, 0.6) is 0 Å². The van der Waals surface area contributed by atoms with Crippen molar-refractivity contribution in [2.45, 2.75) is 19.5 Å². The van der Waals surface area contributed by atoms with Gasteiger partial charge < -0.3 is 0 Å². The second-order valence-corrected chi connectivity index (χ2v) is 1.77. The molecule has 0 radical (unpaired) electrons. The van der Waals surface area contributed by atoms with Crippen LogP contribution in [0.4, 0.5) is 13.2 Å². The SMILES string of the molecule is CC=CC=CCC(F)(F)F. The summed E-state index contributed by atoms with van der Waals surface area (Å²) in [5, 5.41) is 0. The fourth-order valence-corrected chi connectivity index (χ4v) is 0.391. The molecule has 0 saturated carbocycles. The Hall–Kier alpha value is -0.730. The third kappa shape index (κ3) is 7.27. The summed E-state index contributed by atoms with van der Waals surface area (Å²) in [5.41, 5.74) is 0. The summed E-state index contributed by atoms with van der Waals surface area (Å²) < 4.78 is 34.2. The molecule has 0 bridgehead atoms. The third-order valence-corrected chi connectivity index (χ3v) is 0.789. The van der Waals surface area contributed by atoms with E-state index in [0.29, 0.717) is 0 Å². The van der Waals surface area contributed by atoms with E-state index in [9.17, 15) is 13.2 Å². The lowest BCUT2D eigenvalue weighted by molar-refractivity contribution is -0.125. The van der Waals surface area contributed by atoms with Gasteiger partial charge in [-0.25, -0.2) is 0 Å². The normalized spacial score (nSPS) is 13.6. The Morgan fingerprint density at radius 3 is 2.20 bits per heavy atom. The van der Waals surface area contributed by atoms with Gasteiger partial charge in [0.25, 0.3) is 0 Å². The second-order valence-electron chi connectivity index (χ2n) is 1.77. The van der Waals surface area contributed by atoms with Gasteiger partial charge in [0, 0.05) is 0 Å². The van der Waals surface area contributed by atoms with E-state index >= 15 is 0 Å². The van der Waals surface area contributed by atoms with Crippen LogP contribution in [0.2, 0.25) is 0 Å². The second kappa shape index (κ2) is 4.14. The van der Waals surface area contributed by atoms with Gasteiger partial charge in [-0.2, -0.15) is 13.2 Å². The molecule has 0 nitrogen and oxygen atoms in total. The highest BCUT2D eigenvalue weighted by Gasteiger charge is 2.24. The molecule has 0 spiro atoms. The van der Waals surface area contributed by atoms with Gasteiger partial charge in [-0.15, -0.1) is 0 Å². The number of hydrogen-bond donors (Lipinski definition) is 0. The van der Waals surface area contributed by atoms with E-state index in [0.717, 1.165) is 6.08 Å². The Bertz CT molecular complexity index is 130. The first-order valence-electron chi connectivity index (χ1n) is 2.91. The van der Waals surface area contributed by atoms with Gasteiger partial charge >= 0.3 is 6.18 Å². The zero-order valence-corrected chi connectivity index (χ0v) is 5.65. The molecule has 0 aromatic rings. The van der Waals surface area contributed by atoms with Crippen molar-refractivity contribution in [2.75, 3.05) is 0 Å². The smallest absolute Gasteiger partial charge is 0.171 e. The van der Waals surface area contributed by atoms with Crippen LogP contribution in [0.15, 0.2) is 24.3 Å². The van der Waals surface area contributed by atoms with Crippen LogP contribution >= 0.6 is 0 Å². The Labute approximate surface area is 58.0 Å². The molecule has 0 fully saturated rings. The topological polar surface area (TPSA) is 0 Å². The molecule has 0 aromatic heterocycles. The van der Waals surface area contributed by atoms with Crippen molar-refractivity contribution >= 4 is 0 Å². The summed E-state index contributed by atoms with van der Waals surface area (Å²) in [6.45, 7) is 1.75. The monoisotopic (exact) mass is 150 g/mol. The maximum atomic E-state index is 11.4. The van der Waals surface area contributed by atoms with E-state index in [-0.39, 0.29) is 0 Å². The molecule has 0 aliphatic heterocycles. The van der Waals surface area contributed by atoms with Crippen molar-refractivity contribution in [1.82, 2.24) is 0 Å². The predicted octanol–water partition coefficient (Wildman–Crippen LogP) is 3.07. The average Bonchev–Trinajstić information content (AvgIpc) is 1.78. The molecule has 0 rings (SSSR count). The van der Waals surface area contributed by atoms with Crippen molar-refractivity contribution in [3.05, 3.63) is 24.3 Å². The van der Waals surface area contributed by atoms with E-state index in [1.165, 1.54) is 6.08 Å². The molecule has 58 valence electrons. The molecule has 0 unspecified atom stereocenters. The fraction of sp³-hybridized carbons (Fsp3) is 0.429. The summed E-state index contributed by atoms with van der Waals surface area (Å²) in [4.78, 5) is 0. The Kier molecular flexibility index (Phi) is 3.84. The van der Waals surface area contributed by atoms with Gasteiger partial charge in [0.05, 0.1) is 6.42 Å². The van der Waals surface area contributed by atoms with E-state index in [1.54, 1.807) is 19.1 Å². The first-order chi connectivity index (χ1) is 4.56. The van der Waals surface area contributed by atoms with Gasteiger partial charge in [0.2, 0.25) is 0 Å². The van der Waals surface area contributed by atoms with E-state index in [1.807, 2.05) is 0 Å². The summed E-state index contributed by atoms with van der Waals surface area (Å²) >= 11 is 0. The first-order valence-corrected chi connectivity index (χ1v) is 2.91. The van der Waals surface area contributed by atoms with Gasteiger partial charge in [-0.05, 0) is 6.92 Å². The van der Waals surface area contributed by atoms with E-state index < -0.39 is 12.6 Å². The minimum atomic E-state index is -4.07. The number of rotatable bonds is 2. The van der Waals surface area contributed by atoms with Crippen LogP contribution in [-0.2, 0) is 0 Å². The van der Waals surface area contributed by atoms with Gasteiger partial charge in [-0.1, -0.05) is 24.3 Å². The van der Waals surface area contributed by atoms with Crippen LogP contribution in [0.25, 0.3) is 0 Å².